The summed E-state index contributed by atoms with van der Waals surface area (Å²) in [6, 6.07) is 6.01. The van der Waals surface area contributed by atoms with Crippen molar-refractivity contribution in [3.8, 4) is 0 Å². The zero-order valence-corrected chi connectivity index (χ0v) is 18.6. The van der Waals surface area contributed by atoms with Crippen molar-refractivity contribution in [3.63, 3.8) is 0 Å². The number of carbonyl (C=O) groups is 1. The van der Waals surface area contributed by atoms with E-state index in [4.69, 9.17) is 9.72 Å². The molecule has 9 nitrogen and oxygen atoms in total. The number of hydrogen-bond acceptors (Lipinski definition) is 7. The van der Waals surface area contributed by atoms with Crippen LogP contribution in [0.15, 0.2) is 36.8 Å². The Morgan fingerprint density at radius 3 is 2.78 bits per heavy atom. The first-order chi connectivity index (χ1) is 15.7. The van der Waals surface area contributed by atoms with Crippen molar-refractivity contribution in [2.75, 3.05) is 43.1 Å². The van der Waals surface area contributed by atoms with Crippen LogP contribution in [0.25, 0.3) is 11.0 Å². The molecule has 0 unspecified atom stereocenters. The SMILES string of the molecule is CCCCC(=O)NCCCn1ccc2cnc(Nc3ccc(N4CCOCC4)nc3)nc21. The van der Waals surface area contributed by atoms with Gasteiger partial charge in [0.05, 0.1) is 25.1 Å². The Bertz CT molecular complexity index is 1010. The molecule has 0 atom stereocenters. The third-order valence-corrected chi connectivity index (χ3v) is 5.50. The van der Waals surface area contributed by atoms with Crippen molar-refractivity contribution in [3.05, 3.63) is 36.8 Å². The number of amides is 1. The number of carbonyl (C=O) groups excluding carboxylic acids is 1. The number of unbranched alkanes of at least 4 members (excludes halogenated alkanes) is 1. The molecule has 2 N–H and O–H groups in total. The molecule has 0 saturated carbocycles. The summed E-state index contributed by atoms with van der Waals surface area (Å²) in [7, 11) is 0. The summed E-state index contributed by atoms with van der Waals surface area (Å²) in [6.07, 6.45) is 9.07. The van der Waals surface area contributed by atoms with Crippen LogP contribution in [0.1, 0.15) is 32.6 Å². The van der Waals surface area contributed by atoms with Crippen molar-refractivity contribution >= 4 is 34.4 Å². The van der Waals surface area contributed by atoms with Gasteiger partial charge in [-0.25, -0.2) is 9.97 Å². The molecular formula is C23H31N7O2. The Hall–Kier alpha value is -3.20. The molecule has 1 aliphatic heterocycles. The minimum absolute atomic E-state index is 0.131. The lowest BCUT2D eigenvalue weighted by Crippen LogP contribution is -2.36. The van der Waals surface area contributed by atoms with E-state index in [1.807, 2.05) is 30.6 Å². The fourth-order valence-electron chi connectivity index (χ4n) is 3.68. The van der Waals surface area contributed by atoms with E-state index in [-0.39, 0.29) is 5.91 Å². The van der Waals surface area contributed by atoms with Crippen LogP contribution in [-0.2, 0) is 16.1 Å². The van der Waals surface area contributed by atoms with Crippen molar-refractivity contribution in [2.45, 2.75) is 39.2 Å². The highest BCUT2D eigenvalue weighted by Crippen LogP contribution is 2.20. The summed E-state index contributed by atoms with van der Waals surface area (Å²) in [5.74, 6) is 1.61. The normalized spacial score (nSPS) is 14.0. The van der Waals surface area contributed by atoms with E-state index in [1.54, 1.807) is 6.20 Å². The fourth-order valence-corrected chi connectivity index (χ4v) is 3.68. The van der Waals surface area contributed by atoms with E-state index >= 15 is 0 Å². The van der Waals surface area contributed by atoms with Crippen LogP contribution in [0.5, 0.6) is 0 Å². The molecule has 0 radical (unpaired) electrons. The number of rotatable bonds is 10. The first-order valence-corrected chi connectivity index (χ1v) is 11.4. The summed E-state index contributed by atoms with van der Waals surface area (Å²) >= 11 is 0. The molecule has 9 heteroatoms. The second-order valence-corrected chi connectivity index (χ2v) is 7.92. The van der Waals surface area contributed by atoms with Crippen molar-refractivity contribution in [1.82, 2.24) is 24.8 Å². The Morgan fingerprint density at radius 1 is 1.12 bits per heavy atom. The maximum Gasteiger partial charge on any atom is 0.229 e. The average Bonchev–Trinajstić information content (AvgIpc) is 3.24. The second-order valence-electron chi connectivity index (χ2n) is 7.92. The molecule has 3 aromatic heterocycles. The van der Waals surface area contributed by atoms with Gasteiger partial charge in [0.15, 0.2) is 0 Å². The van der Waals surface area contributed by atoms with Gasteiger partial charge in [-0.05, 0) is 31.0 Å². The second kappa shape index (κ2) is 10.9. The first kappa shape index (κ1) is 22.0. The van der Waals surface area contributed by atoms with Crippen LogP contribution in [0.2, 0.25) is 0 Å². The molecule has 170 valence electrons. The van der Waals surface area contributed by atoms with Crippen LogP contribution >= 0.6 is 0 Å². The van der Waals surface area contributed by atoms with Gasteiger partial charge in [0, 0.05) is 50.4 Å². The van der Waals surface area contributed by atoms with Crippen LogP contribution < -0.4 is 15.5 Å². The molecule has 1 amide bonds. The molecule has 1 aliphatic rings. The Kier molecular flexibility index (Phi) is 7.50. The van der Waals surface area contributed by atoms with E-state index in [2.05, 4.69) is 37.0 Å². The molecule has 0 aromatic carbocycles. The number of hydrogen-bond donors (Lipinski definition) is 2. The summed E-state index contributed by atoms with van der Waals surface area (Å²) < 4.78 is 7.50. The molecule has 0 aliphatic carbocycles. The standard InChI is InChI=1S/C23H31N7O2/c1-2-3-5-21(31)24-9-4-10-30-11-8-18-16-26-23(28-22(18)30)27-19-6-7-20(25-17-19)29-12-14-32-15-13-29/h6-8,11,16-17H,2-5,9-10,12-15H2,1H3,(H,24,31)(H,26,27,28). The van der Waals surface area contributed by atoms with Crippen LogP contribution in [-0.4, -0.2) is 58.3 Å². The smallest absolute Gasteiger partial charge is 0.229 e. The van der Waals surface area contributed by atoms with Crippen molar-refractivity contribution < 1.29 is 9.53 Å². The molecule has 4 heterocycles. The average molecular weight is 438 g/mol. The predicted octanol–water partition coefficient (Wildman–Crippen LogP) is 3.10. The van der Waals surface area contributed by atoms with Crippen LogP contribution in [0, 0.1) is 0 Å². The summed E-state index contributed by atoms with van der Waals surface area (Å²) in [5.41, 5.74) is 1.71. The van der Waals surface area contributed by atoms with Gasteiger partial charge in [0.1, 0.15) is 11.5 Å². The van der Waals surface area contributed by atoms with E-state index in [0.717, 1.165) is 74.6 Å². The van der Waals surface area contributed by atoms with Gasteiger partial charge in [-0.2, -0.15) is 4.98 Å². The molecule has 0 spiro atoms. The van der Waals surface area contributed by atoms with Gasteiger partial charge in [0.25, 0.3) is 0 Å². The highest BCUT2D eigenvalue weighted by Gasteiger charge is 2.12. The number of morpholine rings is 1. The zero-order chi connectivity index (χ0) is 22.2. The summed E-state index contributed by atoms with van der Waals surface area (Å²) in [6.45, 7) is 6.73. The molecule has 32 heavy (non-hydrogen) atoms. The number of pyridine rings is 1. The lowest BCUT2D eigenvalue weighted by Gasteiger charge is -2.27. The topological polar surface area (TPSA) is 97.2 Å². The highest BCUT2D eigenvalue weighted by molar-refractivity contribution is 5.77. The van der Waals surface area contributed by atoms with Gasteiger partial charge in [-0.1, -0.05) is 13.3 Å². The molecule has 1 fully saturated rings. The van der Waals surface area contributed by atoms with E-state index in [9.17, 15) is 4.79 Å². The number of ether oxygens (including phenoxy) is 1. The van der Waals surface area contributed by atoms with Gasteiger partial charge in [0.2, 0.25) is 11.9 Å². The molecule has 3 aromatic rings. The largest absolute Gasteiger partial charge is 0.378 e. The van der Waals surface area contributed by atoms with Crippen LogP contribution in [0.3, 0.4) is 0 Å². The maximum atomic E-state index is 11.7. The van der Waals surface area contributed by atoms with Crippen molar-refractivity contribution in [2.24, 2.45) is 0 Å². The van der Waals surface area contributed by atoms with Crippen molar-refractivity contribution in [1.29, 1.82) is 0 Å². The summed E-state index contributed by atoms with van der Waals surface area (Å²) in [4.78, 5) is 27.7. The third-order valence-electron chi connectivity index (χ3n) is 5.50. The quantitative estimate of drug-likeness (QED) is 0.470. The van der Waals surface area contributed by atoms with Gasteiger partial charge in [-0.15, -0.1) is 0 Å². The van der Waals surface area contributed by atoms with Gasteiger partial charge < -0.3 is 24.8 Å². The zero-order valence-electron chi connectivity index (χ0n) is 18.6. The fraction of sp³-hybridized carbons (Fsp3) is 0.478. The number of aryl methyl sites for hydroxylation is 1. The lowest BCUT2D eigenvalue weighted by atomic mass is 10.2. The monoisotopic (exact) mass is 437 g/mol. The van der Waals surface area contributed by atoms with Gasteiger partial charge in [-0.3, -0.25) is 4.79 Å². The first-order valence-electron chi connectivity index (χ1n) is 11.4. The number of nitrogens with one attached hydrogen (secondary N) is 2. The van der Waals surface area contributed by atoms with Gasteiger partial charge >= 0.3 is 0 Å². The van der Waals surface area contributed by atoms with Crippen LogP contribution in [0.4, 0.5) is 17.5 Å². The number of nitrogens with zero attached hydrogens (tertiary/aromatic N) is 5. The molecule has 4 rings (SSSR count). The third kappa shape index (κ3) is 5.73. The minimum atomic E-state index is 0.131. The highest BCUT2D eigenvalue weighted by atomic mass is 16.5. The summed E-state index contributed by atoms with van der Waals surface area (Å²) in [5, 5.41) is 7.22. The maximum absolute atomic E-state index is 11.7. The Morgan fingerprint density at radius 2 is 2.00 bits per heavy atom. The number of aromatic nitrogens is 4. The Balaban J connectivity index is 1.34. The van der Waals surface area contributed by atoms with E-state index in [1.165, 1.54) is 0 Å². The number of fused-ring (bicyclic) bond motifs is 1. The number of anilines is 3. The van der Waals surface area contributed by atoms with E-state index < -0.39 is 0 Å². The Labute approximate surface area is 188 Å². The predicted molar refractivity (Wildman–Crippen MR) is 125 cm³/mol. The molecule has 0 bridgehead atoms. The van der Waals surface area contributed by atoms with E-state index in [0.29, 0.717) is 18.9 Å². The molecular weight excluding hydrogens is 406 g/mol. The molecule has 1 saturated heterocycles. The minimum Gasteiger partial charge on any atom is -0.378 e. The lowest BCUT2D eigenvalue weighted by molar-refractivity contribution is -0.121.